The van der Waals surface area contributed by atoms with Gasteiger partial charge in [0.15, 0.2) is 0 Å². The summed E-state index contributed by atoms with van der Waals surface area (Å²) in [5.74, 6) is 1.10. The maximum Gasteiger partial charge on any atom is 0.294 e. The minimum Gasteiger partial charge on any atom is -0.508 e. The molecule has 0 bridgehead atoms. The lowest BCUT2D eigenvalue weighted by Gasteiger charge is -2.18. The number of halogens is 1. The average Bonchev–Trinajstić information content (AvgIpc) is 2.83. The normalized spacial score (nSPS) is 19.1. The van der Waals surface area contributed by atoms with Crippen LogP contribution in [0.15, 0.2) is 41.3 Å². The first-order valence-corrected chi connectivity index (χ1v) is 12.5. The summed E-state index contributed by atoms with van der Waals surface area (Å²) in [5.41, 5.74) is 1.95. The SMILES string of the molecule is O=[N+]([O-])c1ccc(S(=O)(=O)O)c(CCOCC2SCCC(Br)c3cc(O)ccc32)c1. The van der Waals surface area contributed by atoms with Crippen molar-refractivity contribution in [2.75, 3.05) is 19.0 Å². The van der Waals surface area contributed by atoms with E-state index < -0.39 is 15.0 Å². The lowest BCUT2D eigenvalue weighted by atomic mass is 10.0. The number of phenolic OH excluding ortho intramolecular Hbond substituents is 1. The summed E-state index contributed by atoms with van der Waals surface area (Å²) in [5, 5.41) is 20.8. The van der Waals surface area contributed by atoms with Gasteiger partial charge in [0.25, 0.3) is 15.8 Å². The third kappa shape index (κ3) is 5.52. The highest BCUT2D eigenvalue weighted by molar-refractivity contribution is 9.09. The lowest BCUT2D eigenvalue weighted by Crippen LogP contribution is -2.10. The van der Waals surface area contributed by atoms with E-state index in [-0.39, 0.29) is 45.0 Å². The summed E-state index contributed by atoms with van der Waals surface area (Å²) >= 11 is 5.39. The quantitative estimate of drug-likeness (QED) is 0.181. The number of benzene rings is 2. The number of ether oxygens (including phenoxy) is 1. The van der Waals surface area contributed by atoms with Gasteiger partial charge < -0.3 is 9.84 Å². The highest BCUT2D eigenvalue weighted by Crippen LogP contribution is 2.44. The van der Waals surface area contributed by atoms with E-state index in [1.165, 1.54) is 0 Å². The van der Waals surface area contributed by atoms with E-state index in [1.54, 1.807) is 23.9 Å². The number of non-ortho nitro benzene ring substituents is 1. The van der Waals surface area contributed by atoms with Crippen molar-refractivity contribution in [1.29, 1.82) is 0 Å². The van der Waals surface area contributed by atoms with Crippen LogP contribution in [0, 0.1) is 10.1 Å². The zero-order chi connectivity index (χ0) is 21.9. The Kier molecular flexibility index (Phi) is 7.40. The van der Waals surface area contributed by atoms with Gasteiger partial charge in [0.2, 0.25) is 0 Å². The first-order valence-electron chi connectivity index (χ1n) is 9.08. The van der Waals surface area contributed by atoms with Crippen molar-refractivity contribution in [2.45, 2.75) is 27.8 Å². The largest absolute Gasteiger partial charge is 0.508 e. The Morgan fingerprint density at radius 1 is 1.23 bits per heavy atom. The van der Waals surface area contributed by atoms with Crippen LogP contribution < -0.4 is 0 Å². The fourth-order valence-corrected chi connectivity index (χ4v) is 6.23. The van der Waals surface area contributed by atoms with Gasteiger partial charge in [0, 0.05) is 17.0 Å². The molecule has 1 heterocycles. The van der Waals surface area contributed by atoms with Crippen molar-refractivity contribution in [1.82, 2.24) is 0 Å². The number of rotatable bonds is 7. The summed E-state index contributed by atoms with van der Waals surface area (Å²) in [4.78, 5) is 10.1. The van der Waals surface area contributed by atoms with Gasteiger partial charge in [-0.05, 0) is 53.5 Å². The van der Waals surface area contributed by atoms with Gasteiger partial charge in [-0.15, -0.1) is 0 Å². The number of phenols is 1. The molecular formula is C19H20BrNO7S2. The molecule has 0 saturated heterocycles. The van der Waals surface area contributed by atoms with Crippen molar-refractivity contribution in [3.8, 4) is 5.75 Å². The summed E-state index contributed by atoms with van der Waals surface area (Å²) in [6, 6.07) is 8.47. The van der Waals surface area contributed by atoms with Gasteiger partial charge in [-0.25, -0.2) is 0 Å². The van der Waals surface area contributed by atoms with Gasteiger partial charge in [0.05, 0.1) is 28.3 Å². The first kappa shape index (κ1) is 23.0. The molecule has 8 nitrogen and oxygen atoms in total. The van der Waals surface area contributed by atoms with E-state index in [9.17, 15) is 28.2 Å². The Hall–Kier alpha value is -1.66. The van der Waals surface area contributed by atoms with Gasteiger partial charge in [-0.2, -0.15) is 20.2 Å². The summed E-state index contributed by atoms with van der Waals surface area (Å²) in [7, 11) is -4.50. The molecule has 0 aromatic heterocycles. The van der Waals surface area contributed by atoms with E-state index in [0.717, 1.165) is 41.5 Å². The third-order valence-electron chi connectivity index (χ3n) is 4.76. The highest BCUT2D eigenvalue weighted by atomic mass is 79.9. The summed E-state index contributed by atoms with van der Waals surface area (Å²) in [6.07, 6.45) is 1.00. The molecule has 2 unspecified atom stereocenters. The van der Waals surface area contributed by atoms with Crippen LogP contribution in [-0.4, -0.2) is 42.0 Å². The second kappa shape index (κ2) is 9.65. The van der Waals surface area contributed by atoms with Crippen LogP contribution in [0.3, 0.4) is 0 Å². The van der Waals surface area contributed by atoms with Gasteiger partial charge in [-0.1, -0.05) is 22.0 Å². The van der Waals surface area contributed by atoms with Crippen LogP contribution in [0.4, 0.5) is 5.69 Å². The number of nitrogens with zero attached hydrogens (tertiary/aromatic N) is 1. The van der Waals surface area contributed by atoms with Gasteiger partial charge in [-0.3, -0.25) is 14.7 Å². The van der Waals surface area contributed by atoms with Crippen LogP contribution in [0.1, 0.15) is 33.2 Å². The van der Waals surface area contributed by atoms with Crippen LogP contribution in [0.25, 0.3) is 0 Å². The van der Waals surface area contributed by atoms with Crippen LogP contribution in [-0.2, 0) is 21.3 Å². The maximum atomic E-state index is 11.6. The molecule has 0 amide bonds. The Morgan fingerprint density at radius 2 is 2.00 bits per heavy atom. The number of hydrogen-bond acceptors (Lipinski definition) is 7. The number of thioether (sulfide) groups is 1. The van der Waals surface area contributed by atoms with E-state index in [1.807, 2.05) is 6.07 Å². The fraction of sp³-hybridized carbons (Fsp3) is 0.368. The molecule has 1 aliphatic rings. The number of nitro benzene ring substituents is 1. The minimum atomic E-state index is -4.50. The molecule has 0 saturated carbocycles. The zero-order valence-electron chi connectivity index (χ0n) is 15.7. The monoisotopic (exact) mass is 517 g/mol. The maximum absolute atomic E-state index is 11.6. The molecule has 0 aliphatic carbocycles. The second-order valence-electron chi connectivity index (χ2n) is 6.78. The molecule has 11 heteroatoms. The predicted octanol–water partition coefficient (Wildman–Crippen LogP) is 4.42. The Labute approximate surface area is 186 Å². The predicted molar refractivity (Wildman–Crippen MR) is 117 cm³/mol. The number of nitro groups is 1. The molecule has 2 aromatic carbocycles. The lowest BCUT2D eigenvalue weighted by molar-refractivity contribution is -0.385. The smallest absolute Gasteiger partial charge is 0.294 e. The van der Waals surface area contributed by atoms with Crippen molar-refractivity contribution < 1.29 is 27.7 Å². The van der Waals surface area contributed by atoms with E-state index in [4.69, 9.17) is 4.74 Å². The Bertz CT molecular complexity index is 1050. The molecule has 0 fully saturated rings. The van der Waals surface area contributed by atoms with Gasteiger partial charge in [0.1, 0.15) is 5.75 Å². The standard InChI is InChI=1S/C19H20BrNO7S2/c20-17-6-8-29-18(15-3-2-14(22)10-16(15)17)11-28-7-5-12-9-13(21(23)24)1-4-19(12)30(25,26)27/h1-4,9-10,17-18,22H,5-8,11H2,(H,25,26,27). The second-order valence-corrected chi connectivity index (χ2v) is 10.6. The van der Waals surface area contributed by atoms with E-state index in [2.05, 4.69) is 15.9 Å². The molecule has 2 atom stereocenters. The van der Waals surface area contributed by atoms with Crippen LogP contribution >= 0.6 is 27.7 Å². The molecule has 2 aromatic rings. The molecule has 3 rings (SSSR count). The molecule has 162 valence electrons. The molecule has 2 N–H and O–H groups in total. The summed E-state index contributed by atoms with van der Waals surface area (Å²) < 4.78 is 38.3. The Balaban J connectivity index is 1.70. The van der Waals surface area contributed by atoms with Crippen LogP contribution in [0.5, 0.6) is 5.75 Å². The first-order chi connectivity index (χ1) is 14.2. The van der Waals surface area contributed by atoms with Crippen LogP contribution in [0.2, 0.25) is 0 Å². The molecule has 0 spiro atoms. The molecule has 30 heavy (non-hydrogen) atoms. The average molecular weight is 518 g/mol. The topological polar surface area (TPSA) is 127 Å². The number of alkyl halides is 1. The number of aromatic hydroxyl groups is 1. The van der Waals surface area contributed by atoms with E-state index in [0.29, 0.717) is 6.61 Å². The number of fused-ring (bicyclic) bond motifs is 1. The van der Waals surface area contributed by atoms with Gasteiger partial charge >= 0.3 is 0 Å². The van der Waals surface area contributed by atoms with Crippen molar-refractivity contribution in [3.05, 3.63) is 63.2 Å². The molecule has 0 radical (unpaired) electrons. The highest BCUT2D eigenvalue weighted by Gasteiger charge is 2.25. The fourth-order valence-electron chi connectivity index (χ4n) is 3.32. The molecular weight excluding hydrogens is 498 g/mol. The Morgan fingerprint density at radius 3 is 2.70 bits per heavy atom. The van der Waals surface area contributed by atoms with Crippen molar-refractivity contribution in [2.24, 2.45) is 0 Å². The zero-order valence-corrected chi connectivity index (χ0v) is 19.0. The molecule has 1 aliphatic heterocycles. The minimum absolute atomic E-state index is 0.0364. The summed E-state index contributed by atoms with van der Waals surface area (Å²) in [6.45, 7) is 0.490. The number of hydrogen-bond donors (Lipinski definition) is 2. The van der Waals surface area contributed by atoms with E-state index >= 15 is 0 Å². The van der Waals surface area contributed by atoms with Crippen molar-refractivity contribution in [3.63, 3.8) is 0 Å². The van der Waals surface area contributed by atoms with Crippen molar-refractivity contribution >= 4 is 43.5 Å². The third-order valence-corrected chi connectivity index (χ3v) is 7.93.